The van der Waals surface area contributed by atoms with Gasteiger partial charge in [-0.05, 0) is 97.7 Å². The lowest BCUT2D eigenvalue weighted by Crippen LogP contribution is -2.50. The fraction of sp³-hybridized carbons (Fsp3) is 0.885. The summed E-state index contributed by atoms with van der Waals surface area (Å²) < 4.78 is 33.0. The number of methoxy groups -OCH3 is 1. The number of alkyl halides is 2. The lowest BCUT2D eigenvalue weighted by atomic mass is 9.46. The van der Waals surface area contributed by atoms with Gasteiger partial charge in [-0.15, -0.1) is 0 Å². The topological polar surface area (TPSA) is 26.3 Å². The highest BCUT2D eigenvalue weighted by molar-refractivity contribution is 5.77. The Morgan fingerprint density at radius 3 is 2.63 bits per heavy atom. The zero-order valence-electron chi connectivity index (χ0n) is 19.5. The number of halogens is 2. The molecule has 8 atom stereocenters. The van der Waals surface area contributed by atoms with E-state index in [0.29, 0.717) is 17.3 Å². The number of esters is 1. The summed E-state index contributed by atoms with van der Waals surface area (Å²) in [5.41, 5.74) is 2.20. The van der Waals surface area contributed by atoms with E-state index in [9.17, 15) is 13.6 Å². The van der Waals surface area contributed by atoms with Gasteiger partial charge in [-0.3, -0.25) is 0 Å². The Balaban J connectivity index is 1.53. The van der Waals surface area contributed by atoms with Gasteiger partial charge in [0.1, 0.15) is 0 Å². The molecule has 0 saturated heterocycles. The maximum absolute atomic E-state index is 14.3. The van der Waals surface area contributed by atoms with Crippen molar-refractivity contribution in [3.63, 3.8) is 0 Å². The number of ether oxygens (including phenoxy) is 1. The molecule has 170 valence electrons. The molecule has 0 aliphatic heterocycles. The van der Waals surface area contributed by atoms with Crippen LogP contribution in [-0.4, -0.2) is 19.0 Å². The molecule has 4 rings (SSSR count). The van der Waals surface area contributed by atoms with Crippen molar-refractivity contribution in [1.29, 1.82) is 0 Å². The lowest BCUT2D eigenvalue weighted by Gasteiger charge is -2.58. The van der Waals surface area contributed by atoms with Gasteiger partial charge in [0, 0.05) is 6.42 Å². The number of hydrogen-bond acceptors (Lipinski definition) is 2. The van der Waals surface area contributed by atoms with E-state index >= 15 is 0 Å². The smallest absolute Gasteiger partial charge is 0.376 e. The van der Waals surface area contributed by atoms with Gasteiger partial charge in [0.15, 0.2) is 0 Å². The third-order valence-corrected chi connectivity index (χ3v) is 10.2. The van der Waals surface area contributed by atoms with E-state index in [-0.39, 0.29) is 23.7 Å². The fourth-order valence-corrected chi connectivity index (χ4v) is 8.60. The molecule has 30 heavy (non-hydrogen) atoms. The summed E-state index contributed by atoms with van der Waals surface area (Å²) in [6.45, 7) is 9.22. The molecule has 0 unspecified atom stereocenters. The van der Waals surface area contributed by atoms with Crippen LogP contribution < -0.4 is 0 Å². The van der Waals surface area contributed by atoms with Crippen molar-refractivity contribution >= 4 is 5.97 Å². The third kappa shape index (κ3) is 3.35. The summed E-state index contributed by atoms with van der Waals surface area (Å²) in [5.74, 6) is -1.78. The first kappa shape index (κ1) is 22.3. The van der Waals surface area contributed by atoms with Gasteiger partial charge in [0.2, 0.25) is 0 Å². The van der Waals surface area contributed by atoms with Crippen molar-refractivity contribution < 1.29 is 18.3 Å². The largest absolute Gasteiger partial charge is 0.465 e. The van der Waals surface area contributed by atoms with Gasteiger partial charge in [-0.1, -0.05) is 39.3 Å². The Kier molecular flexibility index (Phi) is 5.63. The van der Waals surface area contributed by atoms with Crippen molar-refractivity contribution in [1.82, 2.24) is 0 Å². The minimum absolute atomic E-state index is 0.121. The van der Waals surface area contributed by atoms with Crippen LogP contribution in [0.4, 0.5) is 8.78 Å². The molecule has 0 heterocycles. The van der Waals surface area contributed by atoms with Crippen molar-refractivity contribution in [2.75, 3.05) is 7.11 Å². The highest BCUT2D eigenvalue weighted by Gasteiger charge is 2.59. The van der Waals surface area contributed by atoms with Crippen molar-refractivity contribution in [3.8, 4) is 0 Å². The first-order chi connectivity index (χ1) is 14.0. The van der Waals surface area contributed by atoms with Crippen molar-refractivity contribution in [2.45, 2.75) is 91.4 Å². The molecule has 3 fully saturated rings. The van der Waals surface area contributed by atoms with Gasteiger partial charge in [0.25, 0.3) is 0 Å². The predicted octanol–water partition coefficient (Wildman–Crippen LogP) is 7.04. The number of hydrogen-bond donors (Lipinski definition) is 0. The molecular formula is C26H40F2O2. The van der Waals surface area contributed by atoms with Gasteiger partial charge in [0.05, 0.1) is 7.11 Å². The molecule has 4 heteroatoms. The molecule has 0 amide bonds. The average Bonchev–Trinajstić information content (AvgIpc) is 3.04. The summed E-state index contributed by atoms with van der Waals surface area (Å²) in [4.78, 5) is 11.5. The molecule has 0 aromatic carbocycles. The quantitative estimate of drug-likeness (QED) is 0.359. The Morgan fingerprint density at radius 1 is 1.20 bits per heavy atom. The van der Waals surface area contributed by atoms with Crippen LogP contribution in [-0.2, 0) is 9.53 Å². The van der Waals surface area contributed by atoms with Crippen molar-refractivity contribution in [3.05, 3.63) is 11.6 Å². The Morgan fingerprint density at radius 2 is 1.93 bits per heavy atom. The summed E-state index contributed by atoms with van der Waals surface area (Å²) in [6, 6.07) is 0. The minimum Gasteiger partial charge on any atom is -0.465 e. The van der Waals surface area contributed by atoms with Crippen LogP contribution >= 0.6 is 0 Å². The van der Waals surface area contributed by atoms with E-state index < -0.39 is 11.9 Å². The molecule has 0 radical (unpaired) electrons. The zero-order valence-corrected chi connectivity index (χ0v) is 19.5. The monoisotopic (exact) mass is 422 g/mol. The summed E-state index contributed by atoms with van der Waals surface area (Å²) in [7, 11) is 1.05. The molecular weight excluding hydrogens is 382 g/mol. The first-order valence-electron chi connectivity index (χ1n) is 12.2. The van der Waals surface area contributed by atoms with E-state index in [4.69, 9.17) is 0 Å². The standard InChI is InChI=1S/C26H40F2O2/c1-16-10-12-24(3)18(14-16)6-7-19-21-9-8-20(25(21,4)13-11-22(19)24)17(2)15-26(27,28)23(29)30-5/h6,16-17,19-22H,7-15H2,1-5H3/t16-,17+,19-,20+,21-,22-,24-,25+/m0/s1. The van der Waals surface area contributed by atoms with Gasteiger partial charge >= 0.3 is 11.9 Å². The van der Waals surface area contributed by atoms with E-state index in [1.54, 1.807) is 5.57 Å². The number of carbonyl (C=O) groups is 1. The normalized spacial score (nSPS) is 44.4. The molecule has 4 aliphatic rings. The van der Waals surface area contributed by atoms with E-state index in [2.05, 4.69) is 31.6 Å². The van der Waals surface area contributed by atoms with Crippen LogP contribution in [0.25, 0.3) is 0 Å². The number of fused-ring (bicyclic) bond motifs is 5. The highest BCUT2D eigenvalue weighted by Crippen LogP contribution is 2.67. The van der Waals surface area contributed by atoms with Crippen LogP contribution in [0.1, 0.15) is 85.5 Å². The maximum atomic E-state index is 14.3. The molecule has 0 bridgehead atoms. The zero-order chi connectivity index (χ0) is 21.9. The first-order valence-corrected chi connectivity index (χ1v) is 12.2. The number of carbonyl (C=O) groups excluding carboxylic acids is 1. The second kappa shape index (κ2) is 7.59. The molecule has 0 spiro atoms. The molecule has 4 aliphatic carbocycles. The van der Waals surface area contributed by atoms with Crippen LogP contribution in [0, 0.1) is 46.3 Å². The molecule has 3 saturated carbocycles. The van der Waals surface area contributed by atoms with Gasteiger partial charge in [-0.25, -0.2) is 4.79 Å². The highest BCUT2D eigenvalue weighted by atomic mass is 19.3. The summed E-state index contributed by atoms with van der Waals surface area (Å²) in [5, 5.41) is 0. The summed E-state index contributed by atoms with van der Waals surface area (Å²) in [6.07, 6.45) is 11.8. The average molecular weight is 423 g/mol. The van der Waals surface area contributed by atoms with Crippen molar-refractivity contribution in [2.24, 2.45) is 46.3 Å². The van der Waals surface area contributed by atoms with E-state index in [1.807, 2.05) is 6.92 Å². The number of allylic oxidation sites excluding steroid dienone is 2. The maximum Gasteiger partial charge on any atom is 0.376 e. The Bertz CT molecular complexity index is 716. The molecule has 2 nitrogen and oxygen atoms in total. The minimum atomic E-state index is -3.38. The summed E-state index contributed by atoms with van der Waals surface area (Å²) >= 11 is 0. The third-order valence-electron chi connectivity index (χ3n) is 10.2. The van der Waals surface area contributed by atoms with Crippen LogP contribution in [0.2, 0.25) is 0 Å². The SMILES string of the molecule is COC(=O)C(F)(F)C[C@@H](C)[C@H]1CC[C@H]2[C@@H]3CC=C4C[C@@H](C)CC[C@]4(C)[C@H]3CC[C@]12C. The van der Waals surface area contributed by atoms with E-state index in [0.717, 1.165) is 38.2 Å². The van der Waals surface area contributed by atoms with Crippen LogP contribution in [0.15, 0.2) is 11.6 Å². The second-order valence-electron chi connectivity index (χ2n) is 11.7. The van der Waals surface area contributed by atoms with Gasteiger partial charge < -0.3 is 4.74 Å². The van der Waals surface area contributed by atoms with Gasteiger partial charge in [-0.2, -0.15) is 8.78 Å². The molecule has 0 N–H and O–H groups in total. The predicted molar refractivity (Wildman–Crippen MR) is 115 cm³/mol. The van der Waals surface area contributed by atoms with Crippen LogP contribution in [0.5, 0.6) is 0 Å². The molecule has 0 aromatic rings. The lowest BCUT2D eigenvalue weighted by molar-refractivity contribution is -0.172. The fourth-order valence-electron chi connectivity index (χ4n) is 8.60. The number of rotatable bonds is 4. The Hall–Kier alpha value is -0.930. The second-order valence-corrected chi connectivity index (χ2v) is 11.7. The van der Waals surface area contributed by atoms with E-state index in [1.165, 1.54) is 32.1 Å². The Labute approximate surface area is 181 Å². The molecule has 0 aromatic heterocycles. The van der Waals surface area contributed by atoms with Crippen LogP contribution in [0.3, 0.4) is 0 Å².